The van der Waals surface area contributed by atoms with Gasteiger partial charge in [-0.15, -0.1) is 0 Å². The first kappa shape index (κ1) is 13.5. The fourth-order valence-corrected chi connectivity index (χ4v) is 2.40. The average molecular weight is 286 g/mol. The number of carbonyl (C=O) groups is 1. The van der Waals surface area contributed by atoms with Crippen LogP contribution in [0.15, 0.2) is 36.5 Å². The van der Waals surface area contributed by atoms with Crippen molar-refractivity contribution in [3.63, 3.8) is 0 Å². The molecule has 1 amide bonds. The van der Waals surface area contributed by atoms with Crippen molar-refractivity contribution in [3.05, 3.63) is 48.0 Å². The third-order valence-electron chi connectivity index (χ3n) is 3.45. The Morgan fingerprint density at radius 2 is 2.14 bits per heavy atom. The summed E-state index contributed by atoms with van der Waals surface area (Å²) in [5.41, 5.74) is 1.14. The number of halogens is 1. The van der Waals surface area contributed by atoms with E-state index in [1.165, 1.54) is 11.0 Å². The first-order chi connectivity index (χ1) is 10.1. The first-order valence-electron chi connectivity index (χ1n) is 6.77. The van der Waals surface area contributed by atoms with E-state index in [9.17, 15) is 9.18 Å². The average Bonchev–Trinajstić information content (AvgIpc) is 2.81. The molecule has 0 aliphatic carbocycles. The molecule has 1 aliphatic rings. The molecule has 1 unspecified atom stereocenters. The predicted molar refractivity (Wildman–Crippen MR) is 77.5 cm³/mol. The highest BCUT2D eigenvalue weighted by atomic mass is 19.1. The first-order valence-corrected chi connectivity index (χ1v) is 6.77. The topological polar surface area (TPSA) is 58.1 Å². The van der Waals surface area contributed by atoms with Gasteiger partial charge in [0.05, 0.1) is 5.69 Å². The van der Waals surface area contributed by atoms with Crippen LogP contribution in [0.2, 0.25) is 0 Å². The number of hydrogen-bond donors (Lipinski definition) is 1. The van der Waals surface area contributed by atoms with Crippen molar-refractivity contribution in [2.45, 2.75) is 19.4 Å². The second-order valence-electron chi connectivity index (χ2n) is 4.95. The van der Waals surface area contributed by atoms with E-state index in [1.54, 1.807) is 30.5 Å². The third kappa shape index (κ3) is 2.69. The van der Waals surface area contributed by atoms with E-state index < -0.39 is 11.9 Å². The molecule has 108 valence electrons. The highest BCUT2D eigenvalue weighted by Gasteiger charge is 2.34. The zero-order valence-electron chi connectivity index (χ0n) is 11.6. The minimum absolute atomic E-state index is 0.162. The quantitative estimate of drug-likeness (QED) is 0.939. The summed E-state index contributed by atoms with van der Waals surface area (Å²) >= 11 is 0. The van der Waals surface area contributed by atoms with Crippen LogP contribution in [0, 0.1) is 12.7 Å². The molecule has 3 rings (SSSR count). The third-order valence-corrected chi connectivity index (χ3v) is 3.45. The van der Waals surface area contributed by atoms with E-state index >= 15 is 0 Å². The molecule has 1 atom stereocenters. The second kappa shape index (κ2) is 5.47. The van der Waals surface area contributed by atoms with E-state index in [4.69, 9.17) is 0 Å². The van der Waals surface area contributed by atoms with E-state index in [0.717, 1.165) is 5.69 Å². The molecule has 1 aromatic carbocycles. The number of rotatable bonds is 3. The molecule has 0 bridgehead atoms. The van der Waals surface area contributed by atoms with Gasteiger partial charge in [-0.3, -0.25) is 4.79 Å². The zero-order valence-corrected chi connectivity index (χ0v) is 11.6. The Morgan fingerprint density at radius 1 is 1.33 bits per heavy atom. The van der Waals surface area contributed by atoms with Crippen molar-refractivity contribution in [2.24, 2.45) is 0 Å². The lowest BCUT2D eigenvalue weighted by molar-refractivity contribution is -0.117. The van der Waals surface area contributed by atoms with Crippen LogP contribution >= 0.6 is 0 Å². The summed E-state index contributed by atoms with van der Waals surface area (Å²) in [6.07, 6.45) is 2.23. The smallest absolute Gasteiger partial charge is 0.249 e. The molecule has 1 N–H and O–H groups in total. The van der Waals surface area contributed by atoms with Crippen LogP contribution in [0.25, 0.3) is 0 Å². The lowest BCUT2D eigenvalue weighted by Crippen LogP contribution is -2.34. The Balaban J connectivity index is 1.76. The summed E-state index contributed by atoms with van der Waals surface area (Å²) in [7, 11) is 0. The van der Waals surface area contributed by atoms with Crippen LogP contribution < -0.4 is 10.2 Å². The SMILES string of the molecule is Cc1ccnc(NC2CCN(c3ccccc3F)C2=O)n1. The maximum atomic E-state index is 13.8. The van der Waals surface area contributed by atoms with Gasteiger partial charge in [0, 0.05) is 18.4 Å². The largest absolute Gasteiger partial charge is 0.342 e. The molecule has 21 heavy (non-hydrogen) atoms. The number of amides is 1. The summed E-state index contributed by atoms with van der Waals surface area (Å²) in [4.78, 5) is 22.2. The number of hydrogen-bond acceptors (Lipinski definition) is 4. The summed E-state index contributed by atoms with van der Waals surface area (Å²) < 4.78 is 13.8. The minimum Gasteiger partial charge on any atom is -0.342 e. The van der Waals surface area contributed by atoms with E-state index in [1.807, 2.05) is 6.92 Å². The molecule has 1 aliphatic heterocycles. The number of nitrogens with zero attached hydrogens (tertiary/aromatic N) is 3. The maximum Gasteiger partial charge on any atom is 0.249 e. The zero-order chi connectivity index (χ0) is 14.8. The molecule has 1 aromatic heterocycles. The van der Waals surface area contributed by atoms with E-state index in [0.29, 0.717) is 24.6 Å². The lowest BCUT2D eigenvalue weighted by Gasteiger charge is -2.17. The van der Waals surface area contributed by atoms with Gasteiger partial charge < -0.3 is 10.2 Å². The van der Waals surface area contributed by atoms with Gasteiger partial charge in [-0.05, 0) is 31.5 Å². The van der Waals surface area contributed by atoms with Crippen LogP contribution in [0.5, 0.6) is 0 Å². The summed E-state index contributed by atoms with van der Waals surface area (Å²) in [5.74, 6) is -0.132. The highest BCUT2D eigenvalue weighted by Crippen LogP contribution is 2.25. The Morgan fingerprint density at radius 3 is 2.90 bits per heavy atom. The van der Waals surface area contributed by atoms with Crippen molar-refractivity contribution >= 4 is 17.5 Å². The molecule has 1 saturated heterocycles. The fraction of sp³-hybridized carbons (Fsp3) is 0.267. The maximum absolute atomic E-state index is 13.8. The van der Waals surface area contributed by atoms with Crippen molar-refractivity contribution in [1.82, 2.24) is 9.97 Å². The fourth-order valence-electron chi connectivity index (χ4n) is 2.40. The van der Waals surface area contributed by atoms with Gasteiger partial charge in [0.15, 0.2) is 0 Å². The van der Waals surface area contributed by atoms with Crippen LogP contribution in [-0.4, -0.2) is 28.5 Å². The number of carbonyl (C=O) groups excluding carboxylic acids is 1. The summed E-state index contributed by atoms with van der Waals surface area (Å²) in [6, 6.07) is 7.65. The Labute approximate surface area is 121 Å². The highest BCUT2D eigenvalue weighted by molar-refractivity contribution is 6.00. The number of aromatic nitrogens is 2. The van der Waals surface area contributed by atoms with Gasteiger partial charge in [-0.25, -0.2) is 14.4 Å². The molecule has 6 heteroatoms. The summed E-state index contributed by atoms with van der Waals surface area (Å²) in [6.45, 7) is 2.33. The molecule has 5 nitrogen and oxygen atoms in total. The Hall–Kier alpha value is -2.50. The van der Waals surface area contributed by atoms with E-state index in [-0.39, 0.29) is 5.91 Å². The molecule has 2 aromatic rings. The van der Waals surface area contributed by atoms with Crippen LogP contribution in [0.3, 0.4) is 0 Å². The summed E-state index contributed by atoms with van der Waals surface area (Å²) in [5, 5.41) is 3.01. The van der Waals surface area contributed by atoms with Crippen molar-refractivity contribution in [2.75, 3.05) is 16.8 Å². The monoisotopic (exact) mass is 286 g/mol. The van der Waals surface area contributed by atoms with Crippen molar-refractivity contribution in [1.29, 1.82) is 0 Å². The van der Waals surface area contributed by atoms with Gasteiger partial charge in [0.25, 0.3) is 0 Å². The van der Waals surface area contributed by atoms with Gasteiger partial charge >= 0.3 is 0 Å². The second-order valence-corrected chi connectivity index (χ2v) is 4.95. The number of para-hydroxylation sites is 1. The molecular weight excluding hydrogens is 271 g/mol. The molecule has 2 heterocycles. The van der Waals surface area contributed by atoms with Crippen molar-refractivity contribution < 1.29 is 9.18 Å². The van der Waals surface area contributed by atoms with Gasteiger partial charge in [0.1, 0.15) is 11.9 Å². The van der Waals surface area contributed by atoms with Gasteiger partial charge in [-0.2, -0.15) is 0 Å². The Kier molecular flexibility index (Phi) is 3.51. The lowest BCUT2D eigenvalue weighted by atomic mass is 10.2. The molecule has 0 spiro atoms. The number of nitrogens with one attached hydrogen (secondary N) is 1. The van der Waals surface area contributed by atoms with Crippen LogP contribution in [0.4, 0.5) is 16.0 Å². The molecule has 0 saturated carbocycles. The number of benzene rings is 1. The molecular formula is C15H15FN4O. The number of aryl methyl sites for hydroxylation is 1. The van der Waals surface area contributed by atoms with Crippen LogP contribution in [0.1, 0.15) is 12.1 Å². The normalized spacial score (nSPS) is 18.1. The Bertz CT molecular complexity index is 676. The molecule has 0 radical (unpaired) electrons. The molecule has 1 fully saturated rings. The van der Waals surface area contributed by atoms with Gasteiger partial charge in [-0.1, -0.05) is 12.1 Å². The predicted octanol–water partition coefficient (Wildman–Crippen LogP) is 2.14. The van der Waals surface area contributed by atoms with E-state index in [2.05, 4.69) is 15.3 Å². The standard InChI is InChI=1S/C15H15FN4O/c1-10-6-8-17-15(18-10)19-12-7-9-20(14(12)21)13-5-3-2-4-11(13)16/h2-6,8,12H,7,9H2,1H3,(H,17,18,19). The van der Waals surface area contributed by atoms with Crippen molar-refractivity contribution in [3.8, 4) is 0 Å². The van der Waals surface area contributed by atoms with Crippen LogP contribution in [-0.2, 0) is 4.79 Å². The minimum atomic E-state index is -0.425. The number of anilines is 2. The van der Waals surface area contributed by atoms with Gasteiger partial charge in [0.2, 0.25) is 11.9 Å².